The average molecular weight is 518 g/mol. The summed E-state index contributed by atoms with van der Waals surface area (Å²) in [5.74, 6) is 0.802. The van der Waals surface area contributed by atoms with E-state index in [1.165, 1.54) is 6.20 Å². The fourth-order valence-corrected chi connectivity index (χ4v) is 5.61. The number of rotatable bonds is 5. The van der Waals surface area contributed by atoms with Gasteiger partial charge in [-0.1, -0.05) is 42.0 Å². The summed E-state index contributed by atoms with van der Waals surface area (Å²) in [5, 5.41) is 0.975. The Balaban J connectivity index is 1.43. The average Bonchev–Trinajstić information content (AvgIpc) is 3.00. The molecule has 3 heterocycles. The lowest BCUT2D eigenvalue weighted by Gasteiger charge is -2.23. The van der Waals surface area contributed by atoms with Crippen LogP contribution in [0.15, 0.2) is 66.9 Å². The number of hydrogen-bond donors (Lipinski definition) is 1. The molecule has 1 N–H and O–H groups in total. The summed E-state index contributed by atoms with van der Waals surface area (Å²) >= 11 is 0. The molecule has 0 saturated carbocycles. The first-order valence-electron chi connectivity index (χ1n) is 12.3. The Kier molecular flexibility index (Phi) is 6.64. The molecule has 5 rings (SSSR count). The Morgan fingerprint density at radius 3 is 2.46 bits per heavy atom. The molecule has 37 heavy (non-hydrogen) atoms. The van der Waals surface area contributed by atoms with Gasteiger partial charge in [-0.3, -0.25) is 9.52 Å². The molecule has 1 fully saturated rings. The smallest absolute Gasteiger partial charge is 0.256 e. The molecule has 9 heteroatoms. The number of nitrogens with zero attached hydrogens (tertiary/aromatic N) is 4. The van der Waals surface area contributed by atoms with Crippen LogP contribution in [-0.4, -0.2) is 61.2 Å². The Bertz CT molecular complexity index is 1550. The highest BCUT2D eigenvalue weighted by Crippen LogP contribution is 2.35. The third-order valence-electron chi connectivity index (χ3n) is 6.77. The number of anilines is 2. The fourth-order valence-electron chi connectivity index (χ4n) is 5.06. The largest absolute Gasteiger partial charge is 0.355 e. The van der Waals surface area contributed by atoms with Crippen molar-refractivity contribution in [2.75, 3.05) is 42.1 Å². The van der Waals surface area contributed by atoms with Gasteiger partial charge in [-0.2, -0.15) is 0 Å². The molecule has 0 atom stereocenters. The van der Waals surface area contributed by atoms with Gasteiger partial charge in [-0.25, -0.2) is 13.4 Å². The van der Waals surface area contributed by atoms with Crippen LogP contribution in [0.3, 0.4) is 0 Å². The molecule has 1 aliphatic heterocycles. The van der Waals surface area contributed by atoms with Gasteiger partial charge in [0.15, 0.2) is 0 Å². The van der Waals surface area contributed by atoms with Gasteiger partial charge in [0.1, 0.15) is 5.82 Å². The zero-order valence-corrected chi connectivity index (χ0v) is 22.1. The third-order valence-corrected chi connectivity index (χ3v) is 7.38. The van der Waals surface area contributed by atoms with Crippen LogP contribution in [-0.2, 0) is 17.1 Å². The summed E-state index contributed by atoms with van der Waals surface area (Å²) in [4.78, 5) is 22.7. The van der Waals surface area contributed by atoms with Crippen molar-refractivity contribution < 1.29 is 13.2 Å². The normalized spacial score (nSPS) is 14.6. The topological polar surface area (TPSA) is 87.5 Å². The first-order valence-corrected chi connectivity index (χ1v) is 14.2. The van der Waals surface area contributed by atoms with Gasteiger partial charge in [-0.15, -0.1) is 0 Å². The number of pyridine rings is 1. The maximum atomic E-state index is 14.1. The van der Waals surface area contributed by atoms with Crippen LogP contribution in [0.1, 0.15) is 22.3 Å². The van der Waals surface area contributed by atoms with E-state index >= 15 is 0 Å². The van der Waals surface area contributed by atoms with Gasteiger partial charge in [0.25, 0.3) is 5.91 Å². The van der Waals surface area contributed by atoms with Crippen molar-refractivity contribution in [3.8, 4) is 11.3 Å². The number of sulfonamides is 1. The second kappa shape index (κ2) is 9.89. The van der Waals surface area contributed by atoms with Crippen molar-refractivity contribution in [3.63, 3.8) is 0 Å². The molecule has 0 unspecified atom stereocenters. The maximum absolute atomic E-state index is 14.1. The summed E-state index contributed by atoms with van der Waals surface area (Å²) in [7, 11) is -1.33. The molecule has 0 radical (unpaired) electrons. The van der Waals surface area contributed by atoms with Crippen molar-refractivity contribution in [1.82, 2.24) is 14.5 Å². The molecule has 0 spiro atoms. The molecule has 1 saturated heterocycles. The number of benzene rings is 2. The zero-order chi connectivity index (χ0) is 26.2. The van der Waals surface area contributed by atoms with Crippen LogP contribution in [0, 0.1) is 6.92 Å². The summed E-state index contributed by atoms with van der Waals surface area (Å²) in [6.45, 7) is 4.67. The highest BCUT2D eigenvalue weighted by atomic mass is 32.2. The van der Waals surface area contributed by atoms with Gasteiger partial charge >= 0.3 is 0 Å². The first-order chi connectivity index (χ1) is 17.7. The second-order valence-corrected chi connectivity index (χ2v) is 11.3. The molecule has 0 bridgehead atoms. The molecule has 0 aliphatic carbocycles. The van der Waals surface area contributed by atoms with E-state index in [2.05, 4.69) is 56.4 Å². The predicted octanol–water partition coefficient (Wildman–Crippen LogP) is 4.27. The molecule has 8 nitrogen and oxygen atoms in total. The van der Waals surface area contributed by atoms with E-state index < -0.39 is 10.0 Å². The van der Waals surface area contributed by atoms with E-state index in [9.17, 15) is 13.2 Å². The maximum Gasteiger partial charge on any atom is 0.256 e. The highest BCUT2D eigenvalue weighted by molar-refractivity contribution is 7.92. The number of hydrogen-bond acceptors (Lipinski definition) is 5. The minimum atomic E-state index is -3.35. The number of aryl methyl sites for hydroxylation is 2. The highest BCUT2D eigenvalue weighted by Gasteiger charge is 2.28. The molecule has 192 valence electrons. The minimum Gasteiger partial charge on any atom is -0.355 e. The van der Waals surface area contributed by atoms with Crippen molar-refractivity contribution in [1.29, 1.82) is 0 Å². The number of fused-ring (bicyclic) bond motifs is 1. The summed E-state index contributed by atoms with van der Waals surface area (Å²) in [5.41, 5.74) is 5.28. The number of carbonyl (C=O) groups excluding carboxylic acids is 1. The van der Waals surface area contributed by atoms with Crippen LogP contribution in [0.5, 0.6) is 0 Å². The van der Waals surface area contributed by atoms with Crippen molar-refractivity contribution in [2.24, 2.45) is 7.05 Å². The standard InChI is InChI=1S/C28H31N5O3S/c1-20-10-12-24-23(18-20)26(27(31(24)2)21-8-5-4-6-9-21)28(34)33-15-7-14-32(16-17-33)25-13-11-22(19-29-25)30-37(3,35)36/h4-6,8-13,18-19,30H,7,14-17H2,1-3H3. The Labute approximate surface area is 217 Å². The van der Waals surface area contributed by atoms with Crippen LogP contribution in [0.4, 0.5) is 11.5 Å². The van der Waals surface area contributed by atoms with E-state index in [0.29, 0.717) is 25.3 Å². The SMILES string of the molecule is Cc1ccc2c(c1)c(C(=O)N1CCCN(c3ccc(NS(C)(=O)=O)cn3)CC1)c(-c1ccccc1)n2C. The van der Waals surface area contributed by atoms with Gasteiger partial charge in [-0.05, 0) is 43.2 Å². The molecule has 1 amide bonds. The predicted molar refractivity (Wildman–Crippen MR) is 149 cm³/mol. The lowest BCUT2D eigenvalue weighted by Crippen LogP contribution is -2.35. The number of nitrogens with one attached hydrogen (secondary N) is 1. The van der Waals surface area contributed by atoms with E-state index in [4.69, 9.17) is 0 Å². The quantitative estimate of drug-likeness (QED) is 0.427. The van der Waals surface area contributed by atoms with Crippen molar-refractivity contribution in [3.05, 3.63) is 78.0 Å². The van der Waals surface area contributed by atoms with Crippen LogP contribution < -0.4 is 9.62 Å². The number of amides is 1. The zero-order valence-electron chi connectivity index (χ0n) is 21.3. The monoisotopic (exact) mass is 517 g/mol. The molecular weight excluding hydrogens is 486 g/mol. The van der Waals surface area contributed by atoms with Gasteiger partial charge < -0.3 is 14.4 Å². The second-order valence-electron chi connectivity index (χ2n) is 9.58. The van der Waals surface area contributed by atoms with E-state index in [1.54, 1.807) is 6.07 Å². The Hall–Kier alpha value is -3.85. The van der Waals surface area contributed by atoms with E-state index in [1.807, 2.05) is 36.2 Å². The minimum absolute atomic E-state index is 0.0394. The van der Waals surface area contributed by atoms with Gasteiger partial charge in [0.05, 0.1) is 29.4 Å². The molecule has 1 aliphatic rings. The molecule has 2 aromatic heterocycles. The van der Waals surface area contributed by atoms with Crippen LogP contribution >= 0.6 is 0 Å². The lowest BCUT2D eigenvalue weighted by molar-refractivity contribution is 0.0769. The van der Waals surface area contributed by atoms with E-state index in [-0.39, 0.29) is 5.91 Å². The van der Waals surface area contributed by atoms with E-state index in [0.717, 1.165) is 58.3 Å². The van der Waals surface area contributed by atoms with Gasteiger partial charge in [0, 0.05) is 44.1 Å². The van der Waals surface area contributed by atoms with Crippen molar-refractivity contribution >= 4 is 38.3 Å². The summed E-state index contributed by atoms with van der Waals surface area (Å²) in [6.07, 6.45) is 3.44. The Morgan fingerprint density at radius 1 is 0.973 bits per heavy atom. The fraction of sp³-hybridized carbons (Fsp3) is 0.286. The molecular formula is C28H31N5O3S. The molecule has 2 aromatic carbocycles. The van der Waals surface area contributed by atoms with Gasteiger partial charge in [0.2, 0.25) is 10.0 Å². The van der Waals surface area contributed by atoms with Crippen LogP contribution in [0.2, 0.25) is 0 Å². The molecule has 4 aromatic rings. The summed E-state index contributed by atoms with van der Waals surface area (Å²) in [6, 6.07) is 19.9. The number of aromatic nitrogens is 2. The third kappa shape index (κ3) is 5.17. The number of carbonyl (C=O) groups is 1. The first kappa shape index (κ1) is 24.8. The lowest BCUT2D eigenvalue weighted by atomic mass is 10.0. The summed E-state index contributed by atoms with van der Waals surface area (Å²) < 4.78 is 27.5. The van der Waals surface area contributed by atoms with Crippen LogP contribution in [0.25, 0.3) is 22.2 Å². The Morgan fingerprint density at radius 2 is 1.76 bits per heavy atom. The van der Waals surface area contributed by atoms with Crippen molar-refractivity contribution in [2.45, 2.75) is 13.3 Å².